The molecule has 0 amide bonds. The molecule has 0 spiro atoms. The van der Waals surface area contributed by atoms with E-state index in [-0.39, 0.29) is 0 Å². The number of aromatic nitrogens is 1. The molecule has 0 saturated heterocycles. The van der Waals surface area contributed by atoms with Gasteiger partial charge in [0.1, 0.15) is 0 Å². The third-order valence-corrected chi connectivity index (χ3v) is 3.38. The lowest BCUT2D eigenvalue weighted by molar-refractivity contribution is 0.397. The lowest BCUT2D eigenvalue weighted by Crippen LogP contribution is -1.99. The van der Waals surface area contributed by atoms with E-state index < -0.39 is 0 Å². The van der Waals surface area contributed by atoms with E-state index in [1.165, 1.54) is 0 Å². The van der Waals surface area contributed by atoms with Crippen LogP contribution < -0.4 is 4.74 Å². The topological polar surface area (TPSA) is 43.7 Å². The Morgan fingerprint density at radius 2 is 1.81 bits per heavy atom. The second-order valence-corrected chi connectivity index (χ2v) is 4.64. The van der Waals surface area contributed by atoms with E-state index in [4.69, 9.17) is 9.47 Å². The number of ether oxygens (including phenoxy) is 2. The van der Waals surface area contributed by atoms with Crippen LogP contribution in [0, 0.1) is 0 Å². The van der Waals surface area contributed by atoms with E-state index in [0.717, 1.165) is 22.4 Å². The smallest absolute Gasteiger partial charge is 0.221 e. The van der Waals surface area contributed by atoms with Crippen molar-refractivity contribution in [1.29, 1.82) is 0 Å². The molecule has 2 aromatic rings. The number of hydrogen-bond acceptors (Lipinski definition) is 4. The third kappa shape index (κ3) is 2.65. The van der Waals surface area contributed by atoms with E-state index in [0.29, 0.717) is 18.3 Å². The van der Waals surface area contributed by atoms with Gasteiger partial charge < -0.3 is 9.47 Å². The van der Waals surface area contributed by atoms with Crippen LogP contribution in [-0.4, -0.2) is 25.1 Å². The Balaban J connectivity index is 2.11. The van der Waals surface area contributed by atoms with Crippen LogP contribution in [0.2, 0.25) is 0 Å². The Morgan fingerprint density at radius 3 is 2.52 bits per heavy atom. The van der Waals surface area contributed by atoms with Crippen molar-refractivity contribution in [3.05, 3.63) is 53.7 Å². The van der Waals surface area contributed by atoms with Crippen molar-refractivity contribution in [2.75, 3.05) is 14.2 Å². The van der Waals surface area contributed by atoms with Crippen LogP contribution in [0.1, 0.15) is 11.3 Å². The molecule has 0 bridgehead atoms. The molecule has 0 unspecified atom stereocenters. The van der Waals surface area contributed by atoms with Crippen LogP contribution in [0.4, 0.5) is 0 Å². The third-order valence-electron chi connectivity index (χ3n) is 3.38. The van der Waals surface area contributed by atoms with Crippen LogP contribution in [0.5, 0.6) is 5.88 Å². The van der Waals surface area contributed by atoms with Crippen molar-refractivity contribution in [2.45, 2.75) is 6.54 Å². The van der Waals surface area contributed by atoms with E-state index in [1.807, 2.05) is 42.5 Å². The first-order valence-electron chi connectivity index (χ1n) is 6.71. The van der Waals surface area contributed by atoms with Gasteiger partial charge in [0, 0.05) is 11.6 Å². The molecule has 1 aromatic heterocycles. The molecule has 3 rings (SSSR count). The molecule has 1 aliphatic heterocycles. The molecule has 0 saturated carbocycles. The maximum atomic E-state index is 5.44. The first-order chi connectivity index (χ1) is 10.3. The molecule has 0 atom stereocenters. The van der Waals surface area contributed by atoms with Crippen molar-refractivity contribution in [3.8, 4) is 17.0 Å². The van der Waals surface area contributed by atoms with Crippen LogP contribution in [0.15, 0.2) is 47.5 Å². The summed E-state index contributed by atoms with van der Waals surface area (Å²) in [5, 5.41) is 0. The molecule has 1 aromatic carbocycles. The van der Waals surface area contributed by atoms with Gasteiger partial charge in [0.05, 0.1) is 26.5 Å². The number of rotatable bonds is 2. The highest BCUT2D eigenvalue weighted by atomic mass is 16.5. The number of methoxy groups -OCH3 is 2. The molecular weight excluding hydrogens is 264 g/mol. The van der Waals surface area contributed by atoms with Crippen molar-refractivity contribution >= 4 is 12.0 Å². The predicted molar refractivity (Wildman–Crippen MR) is 83.4 cm³/mol. The minimum Gasteiger partial charge on any atom is -0.481 e. The van der Waals surface area contributed by atoms with E-state index in [2.05, 4.69) is 16.0 Å². The fraction of sp³-hybridized carbons (Fsp3) is 0.176. The normalized spacial score (nSPS) is 13.1. The van der Waals surface area contributed by atoms with Gasteiger partial charge in [0.2, 0.25) is 11.8 Å². The number of aliphatic imine (C=N–C) groups is 1. The lowest BCUT2D eigenvalue weighted by atomic mass is 10.0. The van der Waals surface area contributed by atoms with Crippen molar-refractivity contribution < 1.29 is 9.47 Å². The molecule has 0 fully saturated rings. The fourth-order valence-electron chi connectivity index (χ4n) is 2.30. The number of pyridine rings is 1. The maximum absolute atomic E-state index is 5.44. The summed E-state index contributed by atoms with van der Waals surface area (Å²) in [7, 11) is 3.25. The van der Waals surface area contributed by atoms with Gasteiger partial charge in [0.15, 0.2) is 0 Å². The number of benzene rings is 1. The molecular formula is C17H16N2O2. The van der Waals surface area contributed by atoms with Crippen molar-refractivity contribution in [3.63, 3.8) is 0 Å². The SMILES string of the molecule is COC1=NCc2nc(OC)c(-c3ccccc3)cc2C=C1. The molecule has 0 N–H and O–H groups in total. The van der Waals surface area contributed by atoms with E-state index >= 15 is 0 Å². The molecule has 0 aliphatic carbocycles. The summed E-state index contributed by atoms with van der Waals surface area (Å²) >= 11 is 0. The Morgan fingerprint density at radius 1 is 1.00 bits per heavy atom. The molecule has 2 heterocycles. The first kappa shape index (κ1) is 13.4. The van der Waals surface area contributed by atoms with Gasteiger partial charge in [-0.3, -0.25) is 0 Å². The lowest BCUT2D eigenvalue weighted by Gasteiger charge is -2.11. The van der Waals surface area contributed by atoms with Crippen LogP contribution >= 0.6 is 0 Å². The summed E-state index contributed by atoms with van der Waals surface area (Å²) in [5.41, 5.74) is 3.97. The van der Waals surface area contributed by atoms with Gasteiger partial charge in [0.25, 0.3) is 0 Å². The molecule has 21 heavy (non-hydrogen) atoms. The van der Waals surface area contributed by atoms with E-state index in [9.17, 15) is 0 Å². The van der Waals surface area contributed by atoms with Gasteiger partial charge in [-0.1, -0.05) is 30.3 Å². The standard InChI is InChI=1S/C17H16N2O2/c1-20-16-9-8-13-10-14(12-6-4-3-5-7-12)17(21-2)19-15(13)11-18-16/h3-10H,11H2,1-2H3. The largest absolute Gasteiger partial charge is 0.481 e. The second kappa shape index (κ2) is 5.79. The van der Waals surface area contributed by atoms with Gasteiger partial charge in [-0.2, -0.15) is 0 Å². The molecule has 0 radical (unpaired) electrons. The summed E-state index contributed by atoms with van der Waals surface area (Å²) in [6.45, 7) is 0.483. The minimum atomic E-state index is 0.483. The first-order valence-corrected chi connectivity index (χ1v) is 6.71. The molecule has 106 valence electrons. The Kier molecular flexibility index (Phi) is 3.69. The average molecular weight is 280 g/mol. The van der Waals surface area contributed by atoms with Crippen molar-refractivity contribution in [1.82, 2.24) is 4.98 Å². The Bertz CT molecular complexity index is 706. The summed E-state index contributed by atoms with van der Waals surface area (Å²) in [5.74, 6) is 1.22. The highest BCUT2D eigenvalue weighted by Crippen LogP contribution is 2.31. The Labute approximate surface area is 123 Å². The summed E-state index contributed by atoms with van der Waals surface area (Å²) < 4.78 is 10.6. The van der Waals surface area contributed by atoms with Crippen LogP contribution in [-0.2, 0) is 11.3 Å². The zero-order valence-corrected chi connectivity index (χ0v) is 12.0. The second-order valence-electron chi connectivity index (χ2n) is 4.64. The molecule has 4 heteroatoms. The maximum Gasteiger partial charge on any atom is 0.221 e. The number of hydrogen-bond donors (Lipinski definition) is 0. The summed E-state index contributed by atoms with van der Waals surface area (Å²) in [6.07, 6.45) is 3.83. The van der Waals surface area contributed by atoms with Crippen LogP contribution in [0.25, 0.3) is 17.2 Å². The van der Waals surface area contributed by atoms with Gasteiger partial charge in [-0.05, 0) is 23.3 Å². The monoisotopic (exact) mass is 280 g/mol. The van der Waals surface area contributed by atoms with Gasteiger partial charge in [-0.25, -0.2) is 9.98 Å². The van der Waals surface area contributed by atoms with Crippen molar-refractivity contribution in [2.24, 2.45) is 4.99 Å². The average Bonchev–Trinajstić information content (AvgIpc) is 2.76. The van der Waals surface area contributed by atoms with Crippen LogP contribution in [0.3, 0.4) is 0 Å². The number of fused-ring (bicyclic) bond motifs is 1. The molecule has 4 nitrogen and oxygen atoms in total. The number of nitrogens with zero attached hydrogens (tertiary/aromatic N) is 2. The zero-order valence-electron chi connectivity index (χ0n) is 12.0. The highest BCUT2D eigenvalue weighted by Gasteiger charge is 2.14. The molecule has 1 aliphatic rings. The minimum absolute atomic E-state index is 0.483. The van der Waals surface area contributed by atoms with Gasteiger partial charge >= 0.3 is 0 Å². The highest BCUT2D eigenvalue weighted by molar-refractivity contribution is 5.93. The summed E-state index contributed by atoms with van der Waals surface area (Å²) in [6, 6.07) is 12.2. The predicted octanol–water partition coefficient (Wildman–Crippen LogP) is 3.33. The zero-order chi connectivity index (χ0) is 14.7. The summed E-state index contributed by atoms with van der Waals surface area (Å²) in [4.78, 5) is 8.95. The Hall–Kier alpha value is -2.62. The quantitative estimate of drug-likeness (QED) is 0.847. The fourth-order valence-corrected chi connectivity index (χ4v) is 2.30. The van der Waals surface area contributed by atoms with Gasteiger partial charge in [-0.15, -0.1) is 0 Å². The van der Waals surface area contributed by atoms with E-state index in [1.54, 1.807) is 14.2 Å².